The number of anilines is 2. The van der Waals surface area contributed by atoms with Gasteiger partial charge in [0.2, 0.25) is 5.95 Å². The molecule has 0 saturated carbocycles. The minimum atomic E-state index is -0.388. The fourth-order valence-corrected chi connectivity index (χ4v) is 2.29. The third kappa shape index (κ3) is 3.76. The second-order valence-corrected chi connectivity index (χ2v) is 4.86. The zero-order valence-corrected chi connectivity index (χ0v) is 11.5. The molecule has 6 heteroatoms. The quantitative estimate of drug-likeness (QED) is 0.884. The van der Waals surface area contributed by atoms with Gasteiger partial charge in [0.15, 0.2) is 11.6 Å². The smallest absolute Gasteiger partial charge is 0.224 e. The number of ether oxygens (including phenoxy) is 1. The summed E-state index contributed by atoms with van der Waals surface area (Å²) in [5.41, 5.74) is 0. The van der Waals surface area contributed by atoms with Crippen LogP contribution in [0.2, 0.25) is 0 Å². The molecule has 1 unspecified atom stereocenters. The first-order valence-electron chi connectivity index (χ1n) is 6.76. The van der Waals surface area contributed by atoms with E-state index in [4.69, 9.17) is 4.74 Å². The molecule has 0 radical (unpaired) electrons. The molecule has 1 fully saturated rings. The van der Waals surface area contributed by atoms with Crippen LogP contribution in [0.15, 0.2) is 6.20 Å². The van der Waals surface area contributed by atoms with E-state index >= 15 is 0 Å². The van der Waals surface area contributed by atoms with E-state index in [1.165, 1.54) is 6.20 Å². The lowest BCUT2D eigenvalue weighted by molar-refractivity contribution is 0.0575. The Morgan fingerprint density at radius 3 is 3.11 bits per heavy atom. The van der Waals surface area contributed by atoms with Gasteiger partial charge in [0.05, 0.1) is 12.8 Å². The molecule has 0 aromatic carbocycles. The van der Waals surface area contributed by atoms with Crippen LogP contribution in [0.5, 0.6) is 0 Å². The molecule has 0 aliphatic carbocycles. The monoisotopic (exact) mass is 268 g/mol. The van der Waals surface area contributed by atoms with Crippen LogP contribution < -0.4 is 10.2 Å². The highest BCUT2D eigenvalue weighted by Gasteiger charge is 2.19. The molecule has 0 spiro atoms. The molecule has 1 aromatic rings. The van der Waals surface area contributed by atoms with Crippen molar-refractivity contribution in [3.05, 3.63) is 12.0 Å². The number of nitrogens with one attached hydrogen (secondary N) is 1. The van der Waals surface area contributed by atoms with E-state index in [1.54, 1.807) is 0 Å². The van der Waals surface area contributed by atoms with Crippen molar-refractivity contribution in [1.82, 2.24) is 9.97 Å². The van der Waals surface area contributed by atoms with Gasteiger partial charge in [-0.25, -0.2) is 9.37 Å². The summed E-state index contributed by atoms with van der Waals surface area (Å²) < 4.78 is 19.2. The van der Waals surface area contributed by atoms with Gasteiger partial charge in [-0.15, -0.1) is 0 Å². The van der Waals surface area contributed by atoms with Gasteiger partial charge < -0.3 is 15.0 Å². The maximum absolute atomic E-state index is 13.8. The summed E-state index contributed by atoms with van der Waals surface area (Å²) in [4.78, 5) is 9.97. The van der Waals surface area contributed by atoms with Gasteiger partial charge in [0.1, 0.15) is 0 Å². The number of hydrogen-bond acceptors (Lipinski definition) is 5. The average Bonchev–Trinajstić information content (AvgIpc) is 2.42. The first-order chi connectivity index (χ1) is 9.20. The maximum atomic E-state index is 13.8. The number of nitrogens with zero attached hydrogens (tertiary/aromatic N) is 3. The molecular weight excluding hydrogens is 247 g/mol. The molecular formula is C13H21FN4O. The van der Waals surface area contributed by atoms with Crippen molar-refractivity contribution in [2.45, 2.75) is 19.8 Å². The molecule has 1 saturated heterocycles. The maximum Gasteiger partial charge on any atom is 0.224 e. The molecule has 1 aliphatic rings. The Labute approximate surface area is 113 Å². The second-order valence-electron chi connectivity index (χ2n) is 4.86. The van der Waals surface area contributed by atoms with Gasteiger partial charge in [-0.05, 0) is 25.7 Å². The molecule has 0 bridgehead atoms. The Morgan fingerprint density at radius 2 is 2.42 bits per heavy atom. The summed E-state index contributed by atoms with van der Waals surface area (Å²) in [7, 11) is 1.86. The van der Waals surface area contributed by atoms with E-state index in [9.17, 15) is 4.39 Å². The van der Waals surface area contributed by atoms with Crippen LogP contribution in [0.4, 0.5) is 16.2 Å². The van der Waals surface area contributed by atoms with Crippen molar-refractivity contribution in [2.24, 2.45) is 5.92 Å². The number of aromatic nitrogens is 2. The van der Waals surface area contributed by atoms with Crippen molar-refractivity contribution in [1.29, 1.82) is 0 Å². The molecule has 2 rings (SSSR count). The van der Waals surface area contributed by atoms with Crippen molar-refractivity contribution in [3.8, 4) is 0 Å². The topological polar surface area (TPSA) is 50.3 Å². The van der Waals surface area contributed by atoms with Crippen molar-refractivity contribution in [3.63, 3.8) is 0 Å². The Kier molecular flexibility index (Phi) is 4.90. The number of hydrogen-bond donors (Lipinski definition) is 1. The molecule has 19 heavy (non-hydrogen) atoms. The van der Waals surface area contributed by atoms with E-state index in [2.05, 4.69) is 15.3 Å². The van der Waals surface area contributed by atoms with Gasteiger partial charge >= 0.3 is 0 Å². The normalized spacial score (nSPS) is 19.2. The minimum absolute atomic E-state index is 0.344. The van der Waals surface area contributed by atoms with Crippen LogP contribution in [0.3, 0.4) is 0 Å². The van der Waals surface area contributed by atoms with E-state index in [-0.39, 0.29) is 5.82 Å². The Hall–Kier alpha value is -1.43. The Morgan fingerprint density at radius 1 is 1.58 bits per heavy atom. The van der Waals surface area contributed by atoms with Crippen LogP contribution in [-0.2, 0) is 4.74 Å². The van der Waals surface area contributed by atoms with Gasteiger partial charge in [-0.1, -0.05) is 0 Å². The number of halogens is 1. The summed E-state index contributed by atoms with van der Waals surface area (Å²) in [5, 5.41) is 2.99. The summed E-state index contributed by atoms with van der Waals surface area (Å²) in [6.07, 6.45) is 3.42. The zero-order valence-electron chi connectivity index (χ0n) is 11.5. The van der Waals surface area contributed by atoms with Crippen LogP contribution in [0, 0.1) is 11.7 Å². The van der Waals surface area contributed by atoms with Crippen LogP contribution >= 0.6 is 0 Å². The largest absolute Gasteiger partial charge is 0.381 e. The fraction of sp³-hybridized carbons (Fsp3) is 0.692. The highest BCUT2D eigenvalue weighted by molar-refractivity contribution is 5.43. The summed E-state index contributed by atoms with van der Waals surface area (Å²) in [6.45, 7) is 5.00. The van der Waals surface area contributed by atoms with E-state index in [0.29, 0.717) is 24.2 Å². The van der Waals surface area contributed by atoms with E-state index in [0.717, 1.165) is 32.6 Å². The van der Waals surface area contributed by atoms with Gasteiger partial charge in [0, 0.05) is 26.7 Å². The first-order valence-corrected chi connectivity index (χ1v) is 6.76. The molecule has 5 nitrogen and oxygen atoms in total. The SMILES string of the molecule is CCNc1ncc(F)c(N(C)CC2CCCOC2)n1. The second kappa shape index (κ2) is 6.65. The van der Waals surface area contributed by atoms with Gasteiger partial charge in [-0.3, -0.25) is 0 Å². The summed E-state index contributed by atoms with van der Waals surface area (Å²) >= 11 is 0. The fourth-order valence-electron chi connectivity index (χ4n) is 2.29. The lowest BCUT2D eigenvalue weighted by Crippen LogP contribution is -2.32. The van der Waals surface area contributed by atoms with Crippen molar-refractivity contribution < 1.29 is 9.13 Å². The molecule has 1 N–H and O–H groups in total. The predicted octanol–water partition coefficient (Wildman–Crippen LogP) is 1.91. The lowest BCUT2D eigenvalue weighted by atomic mass is 10.0. The standard InChI is InChI=1S/C13H21FN4O/c1-3-15-13-16-7-11(14)12(17-13)18(2)8-10-5-4-6-19-9-10/h7,10H,3-6,8-9H2,1-2H3,(H,15,16,17). The van der Waals surface area contributed by atoms with E-state index in [1.807, 2.05) is 18.9 Å². The third-order valence-corrected chi connectivity index (χ3v) is 3.21. The highest BCUT2D eigenvalue weighted by atomic mass is 19.1. The van der Waals surface area contributed by atoms with Crippen molar-refractivity contribution >= 4 is 11.8 Å². The summed E-state index contributed by atoms with van der Waals surface area (Å²) in [5.74, 6) is 0.860. The molecule has 1 atom stereocenters. The van der Waals surface area contributed by atoms with Crippen molar-refractivity contribution in [2.75, 3.05) is 43.6 Å². The third-order valence-electron chi connectivity index (χ3n) is 3.21. The van der Waals surface area contributed by atoms with Gasteiger partial charge in [0.25, 0.3) is 0 Å². The van der Waals surface area contributed by atoms with E-state index < -0.39 is 0 Å². The first kappa shape index (κ1) is 14.0. The predicted molar refractivity (Wildman–Crippen MR) is 73.0 cm³/mol. The van der Waals surface area contributed by atoms with Crippen LogP contribution in [0.1, 0.15) is 19.8 Å². The zero-order chi connectivity index (χ0) is 13.7. The number of rotatable bonds is 5. The highest BCUT2D eigenvalue weighted by Crippen LogP contribution is 2.20. The summed E-state index contributed by atoms with van der Waals surface area (Å²) in [6, 6.07) is 0. The molecule has 106 valence electrons. The minimum Gasteiger partial charge on any atom is -0.381 e. The molecule has 2 heterocycles. The van der Waals surface area contributed by atoms with Gasteiger partial charge in [-0.2, -0.15) is 4.98 Å². The Bertz CT molecular complexity index is 410. The average molecular weight is 268 g/mol. The van der Waals surface area contributed by atoms with Crippen LogP contribution in [0.25, 0.3) is 0 Å². The van der Waals surface area contributed by atoms with Crippen LogP contribution in [-0.4, -0.2) is 43.3 Å². The Balaban J connectivity index is 2.04. The molecule has 1 aromatic heterocycles. The molecule has 1 aliphatic heterocycles. The lowest BCUT2D eigenvalue weighted by Gasteiger charge is -2.27. The molecule has 0 amide bonds.